The first-order valence-corrected chi connectivity index (χ1v) is 4.85. The first kappa shape index (κ1) is 9.46. The molecule has 74 valence electrons. The number of fused-ring (bicyclic) bond motifs is 1. The maximum Gasteiger partial charge on any atom is 0.156 e. The molecule has 0 aromatic carbocycles. The molecule has 3 nitrogen and oxygen atoms in total. The van der Waals surface area contributed by atoms with Crippen LogP contribution < -0.4 is 0 Å². The van der Waals surface area contributed by atoms with Gasteiger partial charge in [-0.2, -0.15) is 5.10 Å². The summed E-state index contributed by atoms with van der Waals surface area (Å²) in [5.74, 6) is 0. The zero-order valence-corrected chi connectivity index (χ0v) is 9.21. The highest BCUT2D eigenvalue weighted by molar-refractivity contribution is 6.32. The molecule has 2 rings (SSSR count). The maximum atomic E-state index is 5.95. The molecule has 2 aromatic rings. The van der Waals surface area contributed by atoms with Crippen molar-refractivity contribution in [2.75, 3.05) is 0 Å². The minimum Gasteiger partial charge on any atom is -0.236 e. The maximum absolute atomic E-state index is 5.95. The van der Waals surface area contributed by atoms with E-state index in [9.17, 15) is 0 Å². The summed E-state index contributed by atoms with van der Waals surface area (Å²) in [6.07, 6.45) is 3.45. The number of aromatic nitrogens is 3. The van der Waals surface area contributed by atoms with Crippen LogP contribution in [0.1, 0.15) is 26.3 Å². The van der Waals surface area contributed by atoms with E-state index >= 15 is 0 Å². The van der Waals surface area contributed by atoms with Gasteiger partial charge < -0.3 is 0 Å². The minimum absolute atomic E-state index is 0.108. The fraction of sp³-hybridized carbons (Fsp3) is 0.400. The zero-order chi connectivity index (χ0) is 10.3. The van der Waals surface area contributed by atoms with Crippen LogP contribution in [0.2, 0.25) is 5.15 Å². The summed E-state index contributed by atoms with van der Waals surface area (Å²) in [6.45, 7) is 6.47. The van der Waals surface area contributed by atoms with Gasteiger partial charge in [0.15, 0.2) is 5.15 Å². The Morgan fingerprint density at radius 2 is 2.07 bits per heavy atom. The first-order valence-electron chi connectivity index (χ1n) is 4.48. The van der Waals surface area contributed by atoms with Crippen molar-refractivity contribution in [1.29, 1.82) is 0 Å². The summed E-state index contributed by atoms with van der Waals surface area (Å²) in [6, 6.07) is 2.03. The van der Waals surface area contributed by atoms with Crippen LogP contribution in [-0.2, 0) is 5.41 Å². The number of halogens is 1. The van der Waals surface area contributed by atoms with Crippen molar-refractivity contribution in [3.8, 4) is 0 Å². The fourth-order valence-electron chi connectivity index (χ4n) is 1.31. The third kappa shape index (κ3) is 1.48. The van der Waals surface area contributed by atoms with E-state index in [2.05, 4.69) is 30.9 Å². The molecular formula is C10H12ClN3. The van der Waals surface area contributed by atoms with Gasteiger partial charge in [-0.1, -0.05) is 32.4 Å². The van der Waals surface area contributed by atoms with Crippen LogP contribution >= 0.6 is 11.6 Å². The molecule has 0 amide bonds. The predicted octanol–water partition coefficient (Wildman–Crippen LogP) is 2.68. The highest BCUT2D eigenvalue weighted by atomic mass is 35.5. The van der Waals surface area contributed by atoms with E-state index in [1.165, 1.54) is 11.9 Å². The standard InChI is InChI=1S/C10H12ClN3/c1-10(2,3)7-4-8-9(11)12-6-13-14(8)5-7/h4-6H,1-3H3. The van der Waals surface area contributed by atoms with Crippen molar-refractivity contribution in [3.63, 3.8) is 0 Å². The second kappa shape index (κ2) is 2.95. The zero-order valence-electron chi connectivity index (χ0n) is 8.45. The molecule has 14 heavy (non-hydrogen) atoms. The molecule has 0 fully saturated rings. The molecule has 0 bridgehead atoms. The Morgan fingerprint density at radius 3 is 2.64 bits per heavy atom. The van der Waals surface area contributed by atoms with Crippen molar-refractivity contribution in [1.82, 2.24) is 14.6 Å². The average Bonchev–Trinajstić information content (AvgIpc) is 2.48. The molecule has 0 aliphatic carbocycles. The lowest BCUT2D eigenvalue weighted by atomic mass is 9.89. The van der Waals surface area contributed by atoms with Crippen molar-refractivity contribution in [2.45, 2.75) is 26.2 Å². The lowest BCUT2D eigenvalue weighted by Crippen LogP contribution is -2.09. The van der Waals surface area contributed by atoms with Crippen LogP contribution in [0.5, 0.6) is 0 Å². The van der Waals surface area contributed by atoms with Crippen LogP contribution in [0.3, 0.4) is 0 Å². The van der Waals surface area contributed by atoms with Gasteiger partial charge in [-0.05, 0) is 17.0 Å². The van der Waals surface area contributed by atoms with E-state index < -0.39 is 0 Å². The molecular weight excluding hydrogens is 198 g/mol. The monoisotopic (exact) mass is 209 g/mol. The molecule has 0 saturated heterocycles. The summed E-state index contributed by atoms with van der Waals surface area (Å²) >= 11 is 5.95. The molecule has 0 aliphatic heterocycles. The van der Waals surface area contributed by atoms with Gasteiger partial charge in [0.2, 0.25) is 0 Å². The lowest BCUT2D eigenvalue weighted by Gasteiger charge is -2.15. The van der Waals surface area contributed by atoms with Crippen molar-refractivity contribution in [2.24, 2.45) is 0 Å². The van der Waals surface area contributed by atoms with Crippen LogP contribution in [0.15, 0.2) is 18.6 Å². The Labute approximate surface area is 87.7 Å². The van der Waals surface area contributed by atoms with Crippen LogP contribution in [0.25, 0.3) is 5.52 Å². The number of rotatable bonds is 0. The van der Waals surface area contributed by atoms with Crippen LogP contribution in [-0.4, -0.2) is 14.6 Å². The molecule has 0 N–H and O–H groups in total. The Morgan fingerprint density at radius 1 is 1.36 bits per heavy atom. The summed E-state index contributed by atoms with van der Waals surface area (Å²) in [4.78, 5) is 3.94. The smallest absolute Gasteiger partial charge is 0.156 e. The van der Waals surface area contributed by atoms with E-state index in [0.717, 1.165) is 5.52 Å². The van der Waals surface area contributed by atoms with Gasteiger partial charge in [-0.3, -0.25) is 0 Å². The molecule has 2 heterocycles. The summed E-state index contributed by atoms with van der Waals surface area (Å²) in [5, 5.41) is 4.59. The van der Waals surface area contributed by atoms with Gasteiger partial charge in [-0.15, -0.1) is 0 Å². The Kier molecular flexibility index (Phi) is 2.00. The van der Waals surface area contributed by atoms with Crippen LogP contribution in [0, 0.1) is 0 Å². The van der Waals surface area contributed by atoms with E-state index in [1.54, 1.807) is 4.52 Å². The topological polar surface area (TPSA) is 30.2 Å². The average molecular weight is 210 g/mol. The summed E-state index contributed by atoms with van der Waals surface area (Å²) in [5.41, 5.74) is 2.18. The fourth-order valence-corrected chi connectivity index (χ4v) is 1.49. The number of hydrogen-bond donors (Lipinski definition) is 0. The third-order valence-electron chi connectivity index (χ3n) is 2.22. The van der Waals surface area contributed by atoms with Gasteiger partial charge in [0.05, 0.1) is 0 Å². The molecule has 0 atom stereocenters. The van der Waals surface area contributed by atoms with Crippen LogP contribution in [0.4, 0.5) is 0 Å². The van der Waals surface area contributed by atoms with Gasteiger partial charge in [0.1, 0.15) is 11.8 Å². The van der Waals surface area contributed by atoms with Crippen molar-refractivity contribution < 1.29 is 0 Å². The Balaban J connectivity index is 2.69. The lowest BCUT2D eigenvalue weighted by molar-refractivity contribution is 0.589. The molecule has 0 radical (unpaired) electrons. The molecule has 0 spiro atoms. The molecule has 0 unspecified atom stereocenters. The summed E-state index contributed by atoms with van der Waals surface area (Å²) in [7, 11) is 0. The van der Waals surface area contributed by atoms with E-state index in [-0.39, 0.29) is 5.41 Å². The second-order valence-electron chi connectivity index (χ2n) is 4.36. The molecule has 0 aliphatic rings. The van der Waals surface area contributed by atoms with E-state index in [0.29, 0.717) is 5.15 Å². The quantitative estimate of drug-likeness (QED) is 0.668. The normalized spacial score (nSPS) is 12.3. The number of hydrogen-bond acceptors (Lipinski definition) is 2. The highest BCUT2D eigenvalue weighted by Crippen LogP contribution is 2.26. The van der Waals surface area contributed by atoms with E-state index in [4.69, 9.17) is 11.6 Å². The Bertz CT molecular complexity index is 468. The first-order chi connectivity index (χ1) is 6.48. The minimum atomic E-state index is 0.108. The predicted molar refractivity (Wildman–Crippen MR) is 56.7 cm³/mol. The second-order valence-corrected chi connectivity index (χ2v) is 4.72. The molecule has 4 heteroatoms. The van der Waals surface area contributed by atoms with Gasteiger partial charge in [0.25, 0.3) is 0 Å². The van der Waals surface area contributed by atoms with Crippen molar-refractivity contribution in [3.05, 3.63) is 29.3 Å². The highest BCUT2D eigenvalue weighted by Gasteiger charge is 2.16. The van der Waals surface area contributed by atoms with E-state index in [1.807, 2.05) is 12.3 Å². The third-order valence-corrected chi connectivity index (χ3v) is 2.52. The SMILES string of the molecule is CC(C)(C)c1cc2c(Cl)ncnn2c1. The number of nitrogens with zero attached hydrogens (tertiary/aromatic N) is 3. The van der Waals surface area contributed by atoms with Gasteiger partial charge in [-0.25, -0.2) is 9.50 Å². The van der Waals surface area contributed by atoms with Crippen molar-refractivity contribution >= 4 is 17.1 Å². The van der Waals surface area contributed by atoms with Gasteiger partial charge >= 0.3 is 0 Å². The molecule has 2 aromatic heterocycles. The molecule has 0 saturated carbocycles. The van der Waals surface area contributed by atoms with Gasteiger partial charge in [0, 0.05) is 6.20 Å². The Hall–Kier alpha value is -1.09. The largest absolute Gasteiger partial charge is 0.236 e. The summed E-state index contributed by atoms with van der Waals surface area (Å²) < 4.78 is 1.76.